The highest BCUT2D eigenvalue weighted by atomic mass is 16.2. The van der Waals surface area contributed by atoms with Crippen LogP contribution in [0.3, 0.4) is 0 Å². The molecular formula is C12H17N3O2. The van der Waals surface area contributed by atoms with Crippen LogP contribution in [0.5, 0.6) is 0 Å². The Morgan fingerprint density at radius 2 is 2.35 bits per heavy atom. The Kier molecular flexibility index (Phi) is 3.56. The van der Waals surface area contributed by atoms with Crippen LogP contribution in [0.4, 0.5) is 0 Å². The van der Waals surface area contributed by atoms with Crippen molar-refractivity contribution in [1.82, 2.24) is 15.1 Å². The molecule has 1 N–H and O–H groups in total. The zero-order valence-electron chi connectivity index (χ0n) is 9.98. The first-order chi connectivity index (χ1) is 8.22. The van der Waals surface area contributed by atoms with E-state index in [9.17, 15) is 9.59 Å². The number of nitrogens with one attached hydrogen (secondary N) is 1. The third kappa shape index (κ3) is 2.54. The van der Waals surface area contributed by atoms with Crippen molar-refractivity contribution >= 4 is 5.91 Å². The fourth-order valence-corrected chi connectivity index (χ4v) is 2.30. The molecule has 5 nitrogen and oxygen atoms in total. The molecule has 17 heavy (non-hydrogen) atoms. The first-order valence-corrected chi connectivity index (χ1v) is 6.09. The molecule has 0 bridgehead atoms. The summed E-state index contributed by atoms with van der Waals surface area (Å²) in [7, 11) is 0. The van der Waals surface area contributed by atoms with Crippen LogP contribution in [-0.2, 0) is 0 Å². The topological polar surface area (TPSA) is 66.1 Å². The SMILES string of the molecule is CC[C@H]1CCCCN1C(=O)c1ccc(=O)[nH]n1. The summed E-state index contributed by atoms with van der Waals surface area (Å²) in [6, 6.07) is 3.14. The molecule has 1 amide bonds. The zero-order valence-corrected chi connectivity index (χ0v) is 9.98. The number of likely N-dealkylation sites (tertiary alicyclic amines) is 1. The molecule has 1 aliphatic rings. The molecule has 2 heterocycles. The van der Waals surface area contributed by atoms with Crippen molar-refractivity contribution < 1.29 is 4.79 Å². The summed E-state index contributed by atoms with van der Waals surface area (Å²) in [5.74, 6) is -0.0761. The number of hydrogen-bond donors (Lipinski definition) is 1. The Labute approximate surface area is 99.8 Å². The summed E-state index contributed by atoms with van der Waals surface area (Å²) in [6.45, 7) is 2.88. The molecule has 0 aromatic carbocycles. The van der Waals surface area contributed by atoms with E-state index in [1.54, 1.807) is 0 Å². The van der Waals surface area contributed by atoms with Gasteiger partial charge in [0.2, 0.25) is 0 Å². The molecule has 1 aromatic rings. The summed E-state index contributed by atoms with van der Waals surface area (Å²) < 4.78 is 0. The average molecular weight is 235 g/mol. The molecule has 1 aliphatic heterocycles. The minimum atomic E-state index is -0.285. The summed E-state index contributed by atoms with van der Waals surface area (Å²) in [5.41, 5.74) is 0.0391. The van der Waals surface area contributed by atoms with Gasteiger partial charge in [0.25, 0.3) is 11.5 Å². The maximum absolute atomic E-state index is 12.2. The van der Waals surface area contributed by atoms with Gasteiger partial charge in [-0.15, -0.1) is 0 Å². The second-order valence-electron chi connectivity index (χ2n) is 4.36. The van der Waals surface area contributed by atoms with Gasteiger partial charge in [-0.1, -0.05) is 6.92 Å². The molecule has 0 spiro atoms. The fraction of sp³-hybridized carbons (Fsp3) is 0.583. The predicted molar refractivity (Wildman–Crippen MR) is 63.8 cm³/mol. The third-order valence-corrected chi connectivity index (χ3v) is 3.26. The van der Waals surface area contributed by atoms with Crippen molar-refractivity contribution in [3.05, 3.63) is 28.2 Å². The average Bonchev–Trinajstić information content (AvgIpc) is 2.39. The normalized spacial score (nSPS) is 20.3. The number of amides is 1. The van der Waals surface area contributed by atoms with Gasteiger partial charge in [-0.2, -0.15) is 5.10 Å². The minimum absolute atomic E-state index is 0.0761. The van der Waals surface area contributed by atoms with E-state index in [0.29, 0.717) is 11.7 Å². The predicted octanol–water partition coefficient (Wildman–Crippen LogP) is 1.17. The number of carbonyl (C=O) groups is 1. The van der Waals surface area contributed by atoms with E-state index in [2.05, 4.69) is 17.1 Å². The molecule has 5 heteroatoms. The lowest BCUT2D eigenvalue weighted by Crippen LogP contribution is -2.43. The van der Waals surface area contributed by atoms with Gasteiger partial charge in [-0.05, 0) is 31.7 Å². The van der Waals surface area contributed by atoms with E-state index in [1.165, 1.54) is 18.6 Å². The van der Waals surface area contributed by atoms with Gasteiger partial charge in [0.1, 0.15) is 5.69 Å². The van der Waals surface area contributed by atoms with Crippen LogP contribution in [0.1, 0.15) is 43.1 Å². The van der Waals surface area contributed by atoms with Gasteiger partial charge in [0, 0.05) is 18.7 Å². The molecule has 1 saturated heterocycles. The number of aromatic amines is 1. The van der Waals surface area contributed by atoms with Crippen molar-refractivity contribution in [3.8, 4) is 0 Å². The molecule has 0 aliphatic carbocycles. The Bertz CT molecular complexity index is 435. The van der Waals surface area contributed by atoms with Crippen LogP contribution >= 0.6 is 0 Å². The third-order valence-electron chi connectivity index (χ3n) is 3.26. The molecule has 0 unspecified atom stereocenters. The quantitative estimate of drug-likeness (QED) is 0.837. The largest absolute Gasteiger partial charge is 0.334 e. The van der Waals surface area contributed by atoms with Gasteiger partial charge < -0.3 is 4.90 Å². The van der Waals surface area contributed by atoms with E-state index in [0.717, 1.165) is 25.8 Å². The maximum atomic E-state index is 12.2. The molecular weight excluding hydrogens is 218 g/mol. The molecule has 2 rings (SSSR count). The molecule has 0 saturated carbocycles. The lowest BCUT2D eigenvalue weighted by molar-refractivity contribution is 0.0600. The highest BCUT2D eigenvalue weighted by molar-refractivity contribution is 5.92. The van der Waals surface area contributed by atoms with Crippen LogP contribution in [-0.4, -0.2) is 33.6 Å². The number of nitrogens with zero attached hydrogens (tertiary/aromatic N) is 2. The standard InChI is InChI=1S/C12H17N3O2/c1-2-9-5-3-4-8-15(9)12(17)10-6-7-11(16)14-13-10/h6-7,9H,2-5,8H2,1H3,(H,14,16)/t9-/m0/s1. The van der Waals surface area contributed by atoms with E-state index in [4.69, 9.17) is 0 Å². The lowest BCUT2D eigenvalue weighted by atomic mass is 9.99. The summed E-state index contributed by atoms with van der Waals surface area (Å²) in [5, 5.41) is 6.09. The fourth-order valence-electron chi connectivity index (χ4n) is 2.30. The van der Waals surface area contributed by atoms with E-state index in [1.807, 2.05) is 4.90 Å². The minimum Gasteiger partial charge on any atom is -0.334 e. The van der Waals surface area contributed by atoms with E-state index in [-0.39, 0.29) is 11.5 Å². The summed E-state index contributed by atoms with van der Waals surface area (Å²) in [6.07, 6.45) is 4.26. The molecule has 0 radical (unpaired) electrons. The van der Waals surface area contributed by atoms with Crippen molar-refractivity contribution in [2.24, 2.45) is 0 Å². The van der Waals surface area contributed by atoms with Crippen LogP contribution in [0.15, 0.2) is 16.9 Å². The van der Waals surface area contributed by atoms with Crippen LogP contribution < -0.4 is 5.56 Å². The van der Waals surface area contributed by atoms with Gasteiger partial charge >= 0.3 is 0 Å². The first-order valence-electron chi connectivity index (χ1n) is 6.09. The van der Waals surface area contributed by atoms with Crippen molar-refractivity contribution in [2.45, 2.75) is 38.6 Å². The zero-order chi connectivity index (χ0) is 12.3. The van der Waals surface area contributed by atoms with Crippen molar-refractivity contribution in [1.29, 1.82) is 0 Å². The van der Waals surface area contributed by atoms with E-state index < -0.39 is 0 Å². The maximum Gasteiger partial charge on any atom is 0.274 e. The van der Waals surface area contributed by atoms with Gasteiger partial charge in [0.15, 0.2) is 0 Å². The highest BCUT2D eigenvalue weighted by Gasteiger charge is 2.26. The molecule has 1 aromatic heterocycles. The highest BCUT2D eigenvalue weighted by Crippen LogP contribution is 2.20. The van der Waals surface area contributed by atoms with Crippen LogP contribution in [0, 0.1) is 0 Å². The Balaban J connectivity index is 2.18. The second-order valence-corrected chi connectivity index (χ2v) is 4.36. The van der Waals surface area contributed by atoms with Crippen LogP contribution in [0.25, 0.3) is 0 Å². The van der Waals surface area contributed by atoms with Gasteiger partial charge in [0.05, 0.1) is 0 Å². The Morgan fingerprint density at radius 3 is 3.00 bits per heavy atom. The number of H-pyrrole nitrogens is 1. The molecule has 1 fully saturated rings. The van der Waals surface area contributed by atoms with Crippen molar-refractivity contribution in [3.63, 3.8) is 0 Å². The van der Waals surface area contributed by atoms with E-state index >= 15 is 0 Å². The molecule has 92 valence electrons. The second kappa shape index (κ2) is 5.12. The number of piperidine rings is 1. The Morgan fingerprint density at radius 1 is 1.53 bits per heavy atom. The molecule has 1 atom stereocenters. The smallest absolute Gasteiger partial charge is 0.274 e. The summed E-state index contributed by atoms with van der Waals surface area (Å²) in [4.78, 5) is 25.0. The van der Waals surface area contributed by atoms with Gasteiger partial charge in [-0.25, -0.2) is 5.10 Å². The summed E-state index contributed by atoms with van der Waals surface area (Å²) >= 11 is 0. The van der Waals surface area contributed by atoms with Gasteiger partial charge in [-0.3, -0.25) is 9.59 Å². The van der Waals surface area contributed by atoms with Crippen LogP contribution in [0.2, 0.25) is 0 Å². The monoisotopic (exact) mass is 235 g/mol. The lowest BCUT2D eigenvalue weighted by Gasteiger charge is -2.34. The number of aromatic nitrogens is 2. The first kappa shape index (κ1) is 11.8. The van der Waals surface area contributed by atoms with Crippen molar-refractivity contribution in [2.75, 3.05) is 6.54 Å². The Hall–Kier alpha value is -1.65. The number of carbonyl (C=O) groups excluding carboxylic acids is 1. The number of hydrogen-bond acceptors (Lipinski definition) is 3. The number of rotatable bonds is 2.